The number of H-pyrrole nitrogens is 1. The van der Waals surface area contributed by atoms with Crippen molar-refractivity contribution in [1.82, 2.24) is 15.3 Å². The number of hydrogen-bond donors (Lipinski definition) is 4. The van der Waals surface area contributed by atoms with Crippen molar-refractivity contribution in [1.29, 1.82) is 0 Å². The highest BCUT2D eigenvalue weighted by Gasteiger charge is 2.35. The Balaban J connectivity index is 1.58. The zero-order valence-electron chi connectivity index (χ0n) is 15.8. The van der Waals surface area contributed by atoms with Gasteiger partial charge in [-0.1, -0.05) is 30.9 Å². The highest BCUT2D eigenvalue weighted by atomic mass is 35.5. The molecule has 0 bridgehead atoms. The molecule has 152 valence electrons. The summed E-state index contributed by atoms with van der Waals surface area (Å²) in [5.41, 5.74) is 0.418. The van der Waals surface area contributed by atoms with E-state index in [2.05, 4.69) is 25.9 Å². The van der Waals surface area contributed by atoms with Crippen LogP contribution < -0.4 is 21.5 Å². The lowest BCUT2D eigenvalue weighted by Gasteiger charge is -2.27. The van der Waals surface area contributed by atoms with Crippen molar-refractivity contribution >= 4 is 40.9 Å². The van der Waals surface area contributed by atoms with Gasteiger partial charge in [-0.25, -0.2) is 0 Å². The molecule has 1 aromatic heterocycles. The molecule has 8 nitrogen and oxygen atoms in total. The molecule has 1 aromatic carbocycles. The molecule has 1 aliphatic carbocycles. The van der Waals surface area contributed by atoms with Crippen molar-refractivity contribution < 1.29 is 9.59 Å². The van der Waals surface area contributed by atoms with Crippen LogP contribution in [0.2, 0.25) is 5.02 Å². The Morgan fingerprint density at radius 1 is 1.10 bits per heavy atom. The van der Waals surface area contributed by atoms with E-state index in [1.54, 1.807) is 24.3 Å². The lowest BCUT2D eigenvalue weighted by Crippen LogP contribution is -2.43. The van der Waals surface area contributed by atoms with Crippen LogP contribution in [0.15, 0.2) is 29.1 Å². The quantitative estimate of drug-likeness (QED) is 0.612. The third-order valence-electron chi connectivity index (χ3n) is 5.33. The van der Waals surface area contributed by atoms with Gasteiger partial charge in [0.1, 0.15) is 5.82 Å². The fourth-order valence-electron chi connectivity index (χ4n) is 3.87. The van der Waals surface area contributed by atoms with Crippen LogP contribution in [0.1, 0.15) is 50.0 Å². The van der Waals surface area contributed by atoms with Gasteiger partial charge in [-0.2, -0.15) is 4.98 Å². The number of amides is 2. The van der Waals surface area contributed by atoms with E-state index < -0.39 is 11.5 Å². The predicted molar refractivity (Wildman–Crippen MR) is 111 cm³/mol. The Hall–Kier alpha value is -2.87. The monoisotopic (exact) mass is 415 g/mol. The predicted octanol–water partition coefficient (Wildman–Crippen LogP) is 3.04. The first-order chi connectivity index (χ1) is 14.0. The largest absolute Gasteiger partial charge is 0.353 e. The normalized spacial score (nSPS) is 19.2. The molecule has 0 radical (unpaired) electrons. The summed E-state index contributed by atoms with van der Waals surface area (Å²) >= 11 is 5.88. The van der Waals surface area contributed by atoms with Crippen molar-refractivity contribution in [2.24, 2.45) is 0 Å². The standard InChI is InChI=1S/C20H22ClN5O3/c21-11-6-8-13(9-7-11)23-20-25-17-16(19(29)26-20)14(10-15(27)24-17)18(28)22-12-4-2-1-3-5-12/h6-9,12,14H,1-5,10H2,(H,22,28)(H3,23,24,25,26,27,29)/t14-/m1/s1. The van der Waals surface area contributed by atoms with E-state index in [9.17, 15) is 14.4 Å². The van der Waals surface area contributed by atoms with Crippen LogP contribution in [0, 0.1) is 0 Å². The number of carbonyl (C=O) groups is 2. The fraction of sp³-hybridized carbons (Fsp3) is 0.400. The number of carbonyl (C=O) groups excluding carboxylic acids is 2. The van der Waals surface area contributed by atoms with E-state index in [1.165, 1.54) is 6.42 Å². The minimum atomic E-state index is -0.846. The molecule has 9 heteroatoms. The lowest BCUT2D eigenvalue weighted by atomic mass is 9.90. The maximum Gasteiger partial charge on any atom is 0.258 e. The Morgan fingerprint density at radius 2 is 1.83 bits per heavy atom. The molecule has 2 heterocycles. The van der Waals surface area contributed by atoms with Crippen LogP contribution in [-0.2, 0) is 9.59 Å². The summed E-state index contributed by atoms with van der Waals surface area (Å²) < 4.78 is 0. The van der Waals surface area contributed by atoms with Crippen molar-refractivity contribution in [3.8, 4) is 0 Å². The Labute approximate surface area is 172 Å². The molecule has 1 saturated carbocycles. The molecular formula is C20H22ClN5O3. The topological polar surface area (TPSA) is 116 Å². The Morgan fingerprint density at radius 3 is 2.55 bits per heavy atom. The molecular weight excluding hydrogens is 394 g/mol. The fourth-order valence-corrected chi connectivity index (χ4v) is 4.00. The lowest BCUT2D eigenvalue weighted by molar-refractivity contribution is -0.127. The second-order valence-electron chi connectivity index (χ2n) is 7.46. The maximum atomic E-state index is 12.8. The van der Waals surface area contributed by atoms with E-state index >= 15 is 0 Å². The van der Waals surface area contributed by atoms with Gasteiger partial charge in [-0.15, -0.1) is 0 Å². The zero-order valence-corrected chi connectivity index (χ0v) is 16.5. The summed E-state index contributed by atoms with van der Waals surface area (Å²) in [5, 5.41) is 9.18. The van der Waals surface area contributed by atoms with Gasteiger partial charge in [0.2, 0.25) is 17.8 Å². The summed E-state index contributed by atoms with van der Waals surface area (Å²) in [6, 6.07) is 6.98. The van der Waals surface area contributed by atoms with Gasteiger partial charge in [0.05, 0.1) is 11.5 Å². The van der Waals surface area contributed by atoms with Crippen LogP contribution in [0.4, 0.5) is 17.5 Å². The summed E-state index contributed by atoms with van der Waals surface area (Å²) in [7, 11) is 0. The summed E-state index contributed by atoms with van der Waals surface area (Å²) in [6.45, 7) is 0. The van der Waals surface area contributed by atoms with E-state index in [4.69, 9.17) is 11.6 Å². The number of halogens is 1. The number of aromatic nitrogens is 2. The molecule has 1 atom stereocenters. The minimum absolute atomic E-state index is 0.0692. The summed E-state index contributed by atoms with van der Waals surface area (Å²) in [5.74, 6) is -1.19. The molecule has 0 spiro atoms. The van der Waals surface area contributed by atoms with E-state index in [0.717, 1.165) is 25.7 Å². The number of rotatable bonds is 4. The van der Waals surface area contributed by atoms with Crippen molar-refractivity contribution in [2.45, 2.75) is 50.5 Å². The van der Waals surface area contributed by atoms with Gasteiger partial charge in [-0.05, 0) is 37.1 Å². The highest BCUT2D eigenvalue weighted by molar-refractivity contribution is 6.30. The molecule has 1 aliphatic heterocycles. The van der Waals surface area contributed by atoms with E-state index in [0.29, 0.717) is 10.7 Å². The van der Waals surface area contributed by atoms with Crippen LogP contribution >= 0.6 is 11.6 Å². The van der Waals surface area contributed by atoms with Crippen molar-refractivity contribution in [3.63, 3.8) is 0 Å². The second-order valence-corrected chi connectivity index (χ2v) is 7.89. The van der Waals surface area contributed by atoms with Crippen LogP contribution in [0.5, 0.6) is 0 Å². The summed E-state index contributed by atoms with van der Waals surface area (Å²) in [6.07, 6.45) is 5.11. The van der Waals surface area contributed by atoms with E-state index in [-0.39, 0.29) is 41.6 Å². The van der Waals surface area contributed by atoms with Gasteiger partial charge in [-0.3, -0.25) is 19.4 Å². The molecule has 29 heavy (non-hydrogen) atoms. The zero-order chi connectivity index (χ0) is 20.4. The average Bonchev–Trinajstić information content (AvgIpc) is 2.69. The smallest absolute Gasteiger partial charge is 0.258 e. The first-order valence-corrected chi connectivity index (χ1v) is 10.1. The number of hydrogen-bond acceptors (Lipinski definition) is 5. The third kappa shape index (κ3) is 4.42. The minimum Gasteiger partial charge on any atom is -0.353 e. The van der Waals surface area contributed by atoms with Gasteiger partial charge in [0.15, 0.2) is 0 Å². The highest BCUT2D eigenvalue weighted by Crippen LogP contribution is 2.30. The Kier molecular flexibility index (Phi) is 5.53. The number of anilines is 3. The van der Waals surface area contributed by atoms with E-state index in [1.807, 2.05) is 0 Å². The number of benzene rings is 1. The maximum absolute atomic E-state index is 12.8. The first kappa shape index (κ1) is 19.4. The van der Waals surface area contributed by atoms with Crippen molar-refractivity contribution in [2.75, 3.05) is 10.6 Å². The first-order valence-electron chi connectivity index (χ1n) is 9.76. The molecule has 1 fully saturated rings. The van der Waals surface area contributed by atoms with Gasteiger partial charge < -0.3 is 16.0 Å². The summed E-state index contributed by atoms with van der Waals surface area (Å²) in [4.78, 5) is 44.7. The number of fused-ring (bicyclic) bond motifs is 1. The number of aromatic amines is 1. The molecule has 2 aliphatic rings. The number of nitrogens with zero attached hydrogens (tertiary/aromatic N) is 1. The number of nitrogens with one attached hydrogen (secondary N) is 4. The molecule has 0 saturated heterocycles. The second kappa shape index (κ2) is 8.24. The Bertz CT molecular complexity index is 983. The SMILES string of the molecule is O=C1C[C@@H](C(=O)NC2CCCCC2)c2c(nc(Nc3ccc(Cl)cc3)[nH]c2=O)N1. The van der Waals surface area contributed by atoms with Crippen LogP contribution in [-0.4, -0.2) is 27.8 Å². The third-order valence-corrected chi connectivity index (χ3v) is 5.58. The van der Waals surface area contributed by atoms with Gasteiger partial charge in [0, 0.05) is 23.2 Å². The molecule has 0 unspecified atom stereocenters. The van der Waals surface area contributed by atoms with Crippen molar-refractivity contribution in [3.05, 3.63) is 45.2 Å². The van der Waals surface area contributed by atoms with Crippen LogP contribution in [0.25, 0.3) is 0 Å². The molecule has 4 N–H and O–H groups in total. The van der Waals surface area contributed by atoms with Gasteiger partial charge >= 0.3 is 0 Å². The van der Waals surface area contributed by atoms with Crippen LogP contribution in [0.3, 0.4) is 0 Å². The average molecular weight is 416 g/mol. The van der Waals surface area contributed by atoms with Gasteiger partial charge in [0.25, 0.3) is 5.56 Å². The molecule has 2 amide bonds. The molecule has 2 aromatic rings. The molecule has 4 rings (SSSR count).